The van der Waals surface area contributed by atoms with Crippen LogP contribution in [0.2, 0.25) is 0 Å². The van der Waals surface area contributed by atoms with Gasteiger partial charge in [-0.2, -0.15) is 26.3 Å². The van der Waals surface area contributed by atoms with Crippen LogP contribution in [-0.2, 0) is 65.3 Å². The second-order valence-corrected chi connectivity index (χ2v) is 11.1. The van der Waals surface area contributed by atoms with E-state index in [-0.39, 0.29) is 48.5 Å². The minimum atomic E-state index is -4.62. The number of aromatic amines is 2. The molecule has 0 radical (unpaired) electrons. The van der Waals surface area contributed by atoms with E-state index in [1.54, 1.807) is 19.1 Å². The molecule has 0 bridgehead atoms. The summed E-state index contributed by atoms with van der Waals surface area (Å²) >= 11 is 0. The fraction of sp³-hybridized carbons (Fsp3) is 0.419. The average Bonchev–Trinajstić information content (AvgIpc) is 3.55. The number of carbonyl (C=O) groups excluding carboxylic acids is 2. The number of hydrogen-bond donors (Lipinski definition) is 2. The van der Waals surface area contributed by atoms with Crippen LogP contribution in [0.25, 0.3) is 21.8 Å². The number of ether oxygens (including phenoxy) is 4. The Kier molecular flexibility index (Phi) is 7.43. The van der Waals surface area contributed by atoms with E-state index >= 15 is 0 Å². The number of fused-ring (bicyclic) bond motifs is 6. The Morgan fingerprint density at radius 2 is 1.27 bits per heavy atom. The van der Waals surface area contributed by atoms with Crippen molar-refractivity contribution in [3.05, 3.63) is 70.0 Å². The van der Waals surface area contributed by atoms with E-state index in [1.807, 2.05) is 0 Å². The van der Waals surface area contributed by atoms with Gasteiger partial charge in [-0.15, -0.1) is 0 Å². The van der Waals surface area contributed by atoms with Crippen molar-refractivity contribution in [3.8, 4) is 0 Å². The van der Waals surface area contributed by atoms with Gasteiger partial charge in [-0.1, -0.05) is 31.2 Å². The lowest BCUT2D eigenvalue weighted by Crippen LogP contribution is -2.40. The highest BCUT2D eigenvalue weighted by molar-refractivity contribution is 5.89. The molecule has 2 atom stereocenters. The molecule has 2 aliphatic rings. The molecule has 45 heavy (non-hydrogen) atoms. The first-order valence-electron chi connectivity index (χ1n) is 14.3. The van der Waals surface area contributed by atoms with Crippen LogP contribution in [0.4, 0.5) is 26.3 Å². The van der Waals surface area contributed by atoms with Gasteiger partial charge in [0.25, 0.3) is 11.6 Å². The van der Waals surface area contributed by atoms with Gasteiger partial charge in [-0.05, 0) is 36.1 Å². The van der Waals surface area contributed by atoms with Crippen molar-refractivity contribution in [2.75, 3.05) is 13.2 Å². The molecule has 240 valence electrons. The number of benzene rings is 2. The zero-order valence-electron chi connectivity index (χ0n) is 24.1. The lowest BCUT2D eigenvalue weighted by molar-refractivity contribution is -0.249. The Hall–Kier alpha value is -4.04. The van der Waals surface area contributed by atoms with E-state index in [0.29, 0.717) is 28.3 Å². The van der Waals surface area contributed by atoms with Crippen LogP contribution in [0, 0.1) is 0 Å². The molecule has 4 aromatic rings. The van der Waals surface area contributed by atoms with Crippen molar-refractivity contribution < 1.29 is 54.9 Å². The SMILES string of the molecule is CCC1(OC(=O)CCC(=O)OC2(C)OCCc3c2[nH]c2c(C(F)(F)F)cccc32)OCCc2c1[nH]c1c(C(F)(F)F)cccc21. The molecule has 2 aliphatic heterocycles. The molecular formula is C31H28F6N2O6. The summed E-state index contributed by atoms with van der Waals surface area (Å²) in [6.45, 7) is 3.20. The molecule has 6 rings (SSSR count). The highest BCUT2D eigenvalue weighted by atomic mass is 19.4. The number of nitrogens with one attached hydrogen (secondary N) is 2. The first kappa shape index (κ1) is 31.0. The molecule has 2 unspecified atom stereocenters. The summed E-state index contributed by atoms with van der Waals surface area (Å²) < 4.78 is 105. The number of hydrogen-bond acceptors (Lipinski definition) is 6. The zero-order valence-corrected chi connectivity index (χ0v) is 24.1. The van der Waals surface area contributed by atoms with Crippen LogP contribution >= 0.6 is 0 Å². The third-order valence-electron chi connectivity index (χ3n) is 8.33. The molecular weight excluding hydrogens is 610 g/mol. The molecule has 14 heteroatoms. The number of para-hydroxylation sites is 2. The molecule has 0 fully saturated rings. The number of rotatable bonds is 6. The highest BCUT2D eigenvalue weighted by Gasteiger charge is 2.45. The summed E-state index contributed by atoms with van der Waals surface area (Å²) in [7, 11) is 0. The number of alkyl halides is 6. The Balaban J connectivity index is 1.19. The van der Waals surface area contributed by atoms with E-state index in [0.717, 1.165) is 12.1 Å². The van der Waals surface area contributed by atoms with Gasteiger partial charge in [-0.3, -0.25) is 9.59 Å². The number of H-pyrrole nitrogens is 2. The second-order valence-electron chi connectivity index (χ2n) is 11.1. The number of halogens is 6. The van der Waals surface area contributed by atoms with Crippen LogP contribution in [0.5, 0.6) is 0 Å². The van der Waals surface area contributed by atoms with Crippen molar-refractivity contribution in [1.29, 1.82) is 0 Å². The van der Waals surface area contributed by atoms with Gasteiger partial charge in [0.15, 0.2) is 0 Å². The number of carbonyl (C=O) groups is 2. The fourth-order valence-electron chi connectivity index (χ4n) is 6.28. The van der Waals surface area contributed by atoms with Gasteiger partial charge in [0, 0.05) is 24.1 Å². The van der Waals surface area contributed by atoms with Crippen molar-refractivity contribution in [1.82, 2.24) is 9.97 Å². The first-order chi connectivity index (χ1) is 21.2. The molecule has 2 aromatic heterocycles. The molecule has 0 saturated heterocycles. The van der Waals surface area contributed by atoms with Crippen LogP contribution in [0.3, 0.4) is 0 Å². The highest BCUT2D eigenvalue weighted by Crippen LogP contribution is 2.44. The summed E-state index contributed by atoms with van der Waals surface area (Å²) in [5, 5.41) is 0.685. The third-order valence-corrected chi connectivity index (χ3v) is 8.33. The zero-order chi connectivity index (χ0) is 32.4. The van der Waals surface area contributed by atoms with E-state index in [4.69, 9.17) is 18.9 Å². The lowest BCUT2D eigenvalue weighted by atomic mass is 9.97. The predicted molar refractivity (Wildman–Crippen MR) is 147 cm³/mol. The van der Waals surface area contributed by atoms with Gasteiger partial charge < -0.3 is 28.9 Å². The minimum absolute atomic E-state index is 0.0688. The fourth-order valence-corrected chi connectivity index (χ4v) is 6.28. The maximum absolute atomic E-state index is 13.7. The summed E-state index contributed by atoms with van der Waals surface area (Å²) in [5.74, 6) is -5.20. The monoisotopic (exact) mass is 638 g/mol. The van der Waals surface area contributed by atoms with Gasteiger partial charge in [0.1, 0.15) is 0 Å². The second kappa shape index (κ2) is 10.8. The Labute approximate surface area is 252 Å². The summed E-state index contributed by atoms with van der Waals surface area (Å²) in [6, 6.07) is 7.62. The largest absolute Gasteiger partial charge is 0.427 e. The van der Waals surface area contributed by atoms with E-state index < -0.39 is 59.8 Å². The molecule has 0 amide bonds. The topological polar surface area (TPSA) is 103 Å². The minimum Gasteiger partial charge on any atom is -0.427 e. The smallest absolute Gasteiger partial charge is 0.418 e. The van der Waals surface area contributed by atoms with Crippen LogP contribution < -0.4 is 0 Å². The van der Waals surface area contributed by atoms with Gasteiger partial charge in [-0.25, -0.2) is 0 Å². The predicted octanol–water partition coefficient (Wildman–Crippen LogP) is 7.13. The first-order valence-corrected chi connectivity index (χ1v) is 14.3. The standard InChI is InChI=1S/C31H28F6N2O6/c1-3-29(27-19(13-15-43-29)17-7-5-9-21(25(17)39-27)31(35,36)37)45-23(41)11-10-22(40)44-28(2)26-18(12-14-42-28)16-6-4-8-20(24(16)38-26)30(32,33)34/h4-9,38-39H,3,10-15H2,1-2H3. The maximum Gasteiger partial charge on any atom is 0.418 e. The molecule has 2 aromatic carbocycles. The Morgan fingerprint density at radius 3 is 1.80 bits per heavy atom. The number of esters is 2. The Morgan fingerprint density at radius 1 is 0.778 bits per heavy atom. The lowest BCUT2D eigenvalue weighted by Gasteiger charge is -2.36. The summed E-state index contributed by atoms with van der Waals surface area (Å²) in [6.07, 6.45) is -9.53. The Bertz CT molecular complexity index is 1810. The van der Waals surface area contributed by atoms with E-state index in [1.165, 1.54) is 19.1 Å². The molecule has 2 N–H and O–H groups in total. The molecule has 0 saturated carbocycles. The van der Waals surface area contributed by atoms with Crippen molar-refractivity contribution in [3.63, 3.8) is 0 Å². The maximum atomic E-state index is 13.7. The third kappa shape index (κ3) is 5.33. The van der Waals surface area contributed by atoms with Gasteiger partial charge >= 0.3 is 24.3 Å². The van der Waals surface area contributed by atoms with Gasteiger partial charge in [0.2, 0.25) is 0 Å². The van der Waals surface area contributed by atoms with Crippen molar-refractivity contribution >= 4 is 33.7 Å². The average molecular weight is 639 g/mol. The summed E-state index contributed by atoms with van der Waals surface area (Å²) in [5.41, 5.74) is -0.582. The quantitative estimate of drug-likeness (QED) is 0.172. The van der Waals surface area contributed by atoms with Crippen LogP contribution in [0.1, 0.15) is 66.8 Å². The van der Waals surface area contributed by atoms with Crippen LogP contribution in [-0.4, -0.2) is 35.1 Å². The van der Waals surface area contributed by atoms with E-state index in [9.17, 15) is 35.9 Å². The van der Waals surface area contributed by atoms with Gasteiger partial charge in [0.05, 0.1) is 59.6 Å². The molecule has 0 spiro atoms. The molecule has 4 heterocycles. The van der Waals surface area contributed by atoms with Crippen molar-refractivity contribution in [2.24, 2.45) is 0 Å². The van der Waals surface area contributed by atoms with E-state index in [2.05, 4.69) is 9.97 Å². The molecule has 0 aliphatic carbocycles. The molecule has 8 nitrogen and oxygen atoms in total. The van der Waals surface area contributed by atoms with Crippen LogP contribution in [0.15, 0.2) is 36.4 Å². The summed E-state index contributed by atoms with van der Waals surface area (Å²) in [4.78, 5) is 31.5. The normalized spacial score (nSPS) is 21.9. The number of aromatic nitrogens is 2. The van der Waals surface area contributed by atoms with Crippen molar-refractivity contribution in [2.45, 2.75) is 69.9 Å².